The molecule has 0 radical (unpaired) electrons. The van der Waals surface area contributed by atoms with Gasteiger partial charge in [-0.05, 0) is 49.8 Å². The Bertz CT molecular complexity index is 543. The lowest BCUT2D eigenvalue weighted by Gasteiger charge is -2.33. The summed E-state index contributed by atoms with van der Waals surface area (Å²) < 4.78 is 13.5. The minimum atomic E-state index is -0.541. The van der Waals surface area contributed by atoms with Crippen LogP contribution in [0.15, 0.2) is 24.3 Å². The van der Waals surface area contributed by atoms with Gasteiger partial charge >= 0.3 is 0 Å². The van der Waals surface area contributed by atoms with Gasteiger partial charge in [-0.15, -0.1) is 0 Å². The van der Waals surface area contributed by atoms with E-state index in [1.807, 2.05) is 24.8 Å². The molecule has 1 amide bonds. The topological polar surface area (TPSA) is 32.3 Å². The zero-order chi connectivity index (χ0) is 15.0. The van der Waals surface area contributed by atoms with E-state index in [0.29, 0.717) is 5.92 Å². The van der Waals surface area contributed by atoms with Gasteiger partial charge in [0.2, 0.25) is 5.91 Å². The molecule has 114 valence electrons. The fourth-order valence-corrected chi connectivity index (χ4v) is 3.21. The highest BCUT2D eigenvalue weighted by atomic mass is 19.1. The summed E-state index contributed by atoms with van der Waals surface area (Å²) in [5.41, 5.74) is 0.292. The van der Waals surface area contributed by atoms with Gasteiger partial charge in [0.1, 0.15) is 12.0 Å². The van der Waals surface area contributed by atoms with Crippen LogP contribution in [0, 0.1) is 11.7 Å². The SMILES string of the molecule is CCC1(C)NC(c2cccc(F)c2)N(CC2CCC2)C1=O. The molecule has 1 saturated heterocycles. The Kier molecular flexibility index (Phi) is 3.74. The van der Waals surface area contributed by atoms with Crippen molar-refractivity contribution in [3.8, 4) is 0 Å². The maximum absolute atomic E-state index is 13.5. The van der Waals surface area contributed by atoms with Gasteiger partial charge in [0.15, 0.2) is 0 Å². The van der Waals surface area contributed by atoms with Gasteiger partial charge in [0.05, 0.1) is 5.54 Å². The Balaban J connectivity index is 1.89. The second-order valence-electron chi connectivity index (χ2n) is 6.54. The molecular formula is C17H23FN2O. The smallest absolute Gasteiger partial charge is 0.244 e. The van der Waals surface area contributed by atoms with Gasteiger partial charge in [-0.1, -0.05) is 25.5 Å². The first-order valence-corrected chi connectivity index (χ1v) is 7.88. The van der Waals surface area contributed by atoms with Gasteiger partial charge in [0, 0.05) is 6.54 Å². The molecule has 2 unspecified atom stereocenters. The predicted molar refractivity (Wildman–Crippen MR) is 80.0 cm³/mol. The van der Waals surface area contributed by atoms with Gasteiger partial charge in [-0.3, -0.25) is 10.1 Å². The Labute approximate surface area is 125 Å². The Morgan fingerprint density at radius 1 is 1.43 bits per heavy atom. The van der Waals surface area contributed by atoms with Crippen LogP contribution in [0.3, 0.4) is 0 Å². The number of halogens is 1. The second-order valence-corrected chi connectivity index (χ2v) is 6.54. The summed E-state index contributed by atoms with van der Waals surface area (Å²) >= 11 is 0. The van der Waals surface area contributed by atoms with Gasteiger partial charge in [0.25, 0.3) is 0 Å². The van der Waals surface area contributed by atoms with E-state index in [0.717, 1.165) is 18.5 Å². The van der Waals surface area contributed by atoms with Crippen molar-refractivity contribution in [2.75, 3.05) is 6.54 Å². The highest BCUT2D eigenvalue weighted by molar-refractivity contribution is 5.88. The molecule has 1 aromatic carbocycles. The summed E-state index contributed by atoms with van der Waals surface area (Å²) in [4.78, 5) is 14.7. The van der Waals surface area contributed by atoms with Crippen molar-refractivity contribution in [3.63, 3.8) is 0 Å². The maximum Gasteiger partial charge on any atom is 0.244 e. The monoisotopic (exact) mass is 290 g/mol. The van der Waals surface area contributed by atoms with Crippen LogP contribution in [-0.2, 0) is 4.79 Å². The van der Waals surface area contributed by atoms with E-state index in [4.69, 9.17) is 0 Å². The van der Waals surface area contributed by atoms with E-state index in [1.54, 1.807) is 6.07 Å². The van der Waals surface area contributed by atoms with Crippen LogP contribution in [-0.4, -0.2) is 22.9 Å². The lowest BCUT2D eigenvalue weighted by Crippen LogP contribution is -2.43. The molecule has 1 aliphatic carbocycles. The average Bonchev–Trinajstić information content (AvgIpc) is 2.68. The van der Waals surface area contributed by atoms with Crippen molar-refractivity contribution in [2.45, 2.75) is 51.2 Å². The standard InChI is InChI=1S/C17H23FN2O/c1-3-17(2)16(21)20(11-12-6-4-7-12)15(19-17)13-8-5-9-14(18)10-13/h5,8-10,12,15,19H,3-4,6-7,11H2,1-2H3. The van der Waals surface area contributed by atoms with Crippen LogP contribution in [0.1, 0.15) is 51.3 Å². The Hall–Kier alpha value is -1.42. The van der Waals surface area contributed by atoms with Crippen LogP contribution >= 0.6 is 0 Å². The lowest BCUT2D eigenvalue weighted by atomic mass is 9.85. The minimum absolute atomic E-state index is 0.145. The highest BCUT2D eigenvalue weighted by Crippen LogP contribution is 2.36. The number of amides is 1. The Morgan fingerprint density at radius 3 is 2.76 bits per heavy atom. The molecule has 3 rings (SSSR count). The first-order valence-electron chi connectivity index (χ1n) is 7.88. The summed E-state index contributed by atoms with van der Waals surface area (Å²) in [6.07, 6.45) is 4.18. The average molecular weight is 290 g/mol. The number of benzene rings is 1. The molecular weight excluding hydrogens is 267 g/mol. The highest BCUT2D eigenvalue weighted by Gasteiger charge is 2.47. The molecule has 0 aromatic heterocycles. The molecule has 2 aliphatic rings. The molecule has 0 spiro atoms. The number of carbonyl (C=O) groups excluding carboxylic acids is 1. The third-order valence-corrected chi connectivity index (χ3v) is 5.05. The van der Waals surface area contributed by atoms with Crippen LogP contribution in [0.25, 0.3) is 0 Å². The minimum Gasteiger partial charge on any atom is -0.321 e. The quantitative estimate of drug-likeness (QED) is 0.923. The lowest BCUT2D eigenvalue weighted by molar-refractivity contribution is -0.134. The largest absolute Gasteiger partial charge is 0.321 e. The van der Waals surface area contributed by atoms with E-state index in [2.05, 4.69) is 5.32 Å². The molecule has 1 saturated carbocycles. The van der Waals surface area contributed by atoms with Crippen molar-refractivity contribution in [2.24, 2.45) is 5.92 Å². The zero-order valence-corrected chi connectivity index (χ0v) is 12.7. The first kappa shape index (κ1) is 14.5. The van der Waals surface area contributed by atoms with E-state index in [-0.39, 0.29) is 17.9 Å². The number of carbonyl (C=O) groups is 1. The van der Waals surface area contributed by atoms with E-state index in [9.17, 15) is 9.18 Å². The predicted octanol–water partition coefficient (Wildman–Crippen LogP) is 3.22. The van der Waals surface area contributed by atoms with Crippen molar-refractivity contribution < 1.29 is 9.18 Å². The summed E-state index contributed by atoms with van der Waals surface area (Å²) in [6, 6.07) is 6.57. The third-order valence-electron chi connectivity index (χ3n) is 5.05. The van der Waals surface area contributed by atoms with Crippen LogP contribution in [0.4, 0.5) is 4.39 Å². The molecule has 21 heavy (non-hydrogen) atoms. The number of hydrogen-bond donors (Lipinski definition) is 1. The van der Waals surface area contributed by atoms with Crippen molar-refractivity contribution in [1.82, 2.24) is 10.2 Å². The fraction of sp³-hybridized carbons (Fsp3) is 0.588. The van der Waals surface area contributed by atoms with Gasteiger partial charge < -0.3 is 4.90 Å². The number of nitrogens with zero attached hydrogens (tertiary/aromatic N) is 1. The van der Waals surface area contributed by atoms with Crippen molar-refractivity contribution in [3.05, 3.63) is 35.6 Å². The number of hydrogen-bond acceptors (Lipinski definition) is 2. The van der Waals surface area contributed by atoms with Crippen molar-refractivity contribution in [1.29, 1.82) is 0 Å². The molecule has 0 bridgehead atoms. The second kappa shape index (κ2) is 5.41. The number of nitrogens with one attached hydrogen (secondary N) is 1. The molecule has 1 heterocycles. The molecule has 2 atom stereocenters. The van der Waals surface area contributed by atoms with Gasteiger partial charge in [-0.2, -0.15) is 0 Å². The summed E-state index contributed by atoms with van der Waals surface area (Å²) in [6.45, 7) is 4.74. The summed E-state index contributed by atoms with van der Waals surface area (Å²) in [7, 11) is 0. The zero-order valence-electron chi connectivity index (χ0n) is 12.7. The van der Waals surface area contributed by atoms with E-state index in [1.165, 1.54) is 31.4 Å². The van der Waals surface area contributed by atoms with Crippen LogP contribution in [0.5, 0.6) is 0 Å². The normalized spacial score (nSPS) is 29.8. The molecule has 1 aliphatic heterocycles. The molecule has 1 N–H and O–H groups in total. The first-order chi connectivity index (χ1) is 10.0. The molecule has 2 fully saturated rings. The molecule has 1 aromatic rings. The summed E-state index contributed by atoms with van der Waals surface area (Å²) in [5, 5.41) is 3.42. The van der Waals surface area contributed by atoms with Crippen LogP contribution < -0.4 is 5.32 Å². The molecule has 4 heteroatoms. The molecule has 3 nitrogen and oxygen atoms in total. The van der Waals surface area contributed by atoms with E-state index >= 15 is 0 Å². The number of rotatable bonds is 4. The Morgan fingerprint density at radius 2 is 2.19 bits per heavy atom. The van der Waals surface area contributed by atoms with E-state index < -0.39 is 5.54 Å². The van der Waals surface area contributed by atoms with Crippen LogP contribution in [0.2, 0.25) is 0 Å². The van der Waals surface area contributed by atoms with Gasteiger partial charge in [-0.25, -0.2) is 4.39 Å². The summed E-state index contributed by atoms with van der Waals surface area (Å²) in [5.74, 6) is 0.493. The fourth-order valence-electron chi connectivity index (χ4n) is 3.21. The third kappa shape index (κ3) is 2.57. The van der Waals surface area contributed by atoms with Crippen molar-refractivity contribution >= 4 is 5.91 Å². The maximum atomic E-state index is 13.5.